The van der Waals surface area contributed by atoms with E-state index in [-0.39, 0.29) is 24.6 Å². The maximum absolute atomic E-state index is 11.3. The summed E-state index contributed by atoms with van der Waals surface area (Å²) in [6, 6.07) is -0.315. The third-order valence-corrected chi connectivity index (χ3v) is 3.20. The first-order valence-electron chi connectivity index (χ1n) is 4.52. The fraction of sp³-hybridized carbons (Fsp3) is 0.667. The maximum atomic E-state index is 11.3. The minimum atomic E-state index is -3.41. The SMILES string of the molecule is C#CCC(C)NS(=O)(=O)CCCC(=O)O. The third kappa shape index (κ3) is 7.97. The molecule has 6 heteroatoms. The van der Waals surface area contributed by atoms with Crippen LogP contribution in [0.3, 0.4) is 0 Å². The van der Waals surface area contributed by atoms with Gasteiger partial charge >= 0.3 is 5.97 Å². The van der Waals surface area contributed by atoms with Gasteiger partial charge in [-0.3, -0.25) is 4.79 Å². The van der Waals surface area contributed by atoms with Gasteiger partial charge in [-0.05, 0) is 13.3 Å². The molecule has 0 rings (SSSR count). The molecule has 0 aliphatic carbocycles. The molecular weight excluding hydrogens is 218 g/mol. The van der Waals surface area contributed by atoms with Crippen LogP contribution in [0, 0.1) is 12.3 Å². The lowest BCUT2D eigenvalue weighted by molar-refractivity contribution is -0.137. The summed E-state index contributed by atoms with van der Waals surface area (Å²) in [7, 11) is -3.41. The van der Waals surface area contributed by atoms with E-state index < -0.39 is 16.0 Å². The molecule has 0 saturated carbocycles. The van der Waals surface area contributed by atoms with Crippen LogP contribution in [0.4, 0.5) is 0 Å². The van der Waals surface area contributed by atoms with Crippen molar-refractivity contribution in [3.05, 3.63) is 0 Å². The summed E-state index contributed by atoms with van der Waals surface area (Å²) < 4.78 is 25.0. The van der Waals surface area contributed by atoms with E-state index in [0.29, 0.717) is 6.42 Å². The fourth-order valence-electron chi connectivity index (χ4n) is 0.997. The van der Waals surface area contributed by atoms with Crippen molar-refractivity contribution in [1.82, 2.24) is 4.72 Å². The standard InChI is InChI=1S/C9H15NO4S/c1-3-5-8(2)10-15(13,14)7-4-6-9(11)12/h1,8,10H,4-7H2,2H3,(H,11,12). The van der Waals surface area contributed by atoms with Crippen molar-refractivity contribution in [3.8, 4) is 12.3 Å². The molecule has 0 aromatic heterocycles. The van der Waals surface area contributed by atoms with Crippen LogP contribution in [0.1, 0.15) is 26.2 Å². The Hall–Kier alpha value is -1.06. The van der Waals surface area contributed by atoms with Crippen LogP contribution in [0.15, 0.2) is 0 Å². The Kier molecular flexibility index (Phi) is 5.97. The molecule has 0 aromatic rings. The highest BCUT2D eigenvalue weighted by molar-refractivity contribution is 7.89. The monoisotopic (exact) mass is 233 g/mol. The molecule has 5 nitrogen and oxygen atoms in total. The summed E-state index contributed by atoms with van der Waals surface area (Å²) in [6.07, 6.45) is 5.30. The van der Waals surface area contributed by atoms with Crippen molar-refractivity contribution in [2.24, 2.45) is 0 Å². The number of sulfonamides is 1. The molecule has 2 N–H and O–H groups in total. The smallest absolute Gasteiger partial charge is 0.303 e. The average Bonchev–Trinajstić information content (AvgIpc) is 2.01. The van der Waals surface area contributed by atoms with Gasteiger partial charge in [-0.1, -0.05) is 0 Å². The van der Waals surface area contributed by atoms with Crippen LogP contribution in [-0.4, -0.2) is 31.3 Å². The molecule has 0 amide bonds. The van der Waals surface area contributed by atoms with Crippen molar-refractivity contribution < 1.29 is 18.3 Å². The van der Waals surface area contributed by atoms with Crippen LogP contribution < -0.4 is 4.72 Å². The Labute approximate surface area is 89.9 Å². The molecule has 15 heavy (non-hydrogen) atoms. The second-order valence-electron chi connectivity index (χ2n) is 3.24. The number of carboxylic acid groups (broad SMARTS) is 1. The molecular formula is C9H15NO4S. The van der Waals surface area contributed by atoms with E-state index in [1.165, 1.54) is 0 Å². The third-order valence-electron chi connectivity index (χ3n) is 1.61. The van der Waals surface area contributed by atoms with Gasteiger partial charge in [0.25, 0.3) is 0 Å². The molecule has 0 radical (unpaired) electrons. The van der Waals surface area contributed by atoms with Gasteiger partial charge in [0, 0.05) is 18.9 Å². The van der Waals surface area contributed by atoms with Crippen LogP contribution >= 0.6 is 0 Å². The lowest BCUT2D eigenvalue weighted by Gasteiger charge is -2.10. The number of carbonyl (C=O) groups is 1. The van der Waals surface area contributed by atoms with Crippen molar-refractivity contribution >= 4 is 16.0 Å². The Morgan fingerprint density at radius 2 is 2.20 bits per heavy atom. The predicted octanol–water partition coefficient (Wildman–Crippen LogP) is 0.182. The largest absolute Gasteiger partial charge is 0.481 e. The zero-order chi connectivity index (χ0) is 11.9. The van der Waals surface area contributed by atoms with E-state index in [1.54, 1.807) is 6.92 Å². The van der Waals surface area contributed by atoms with Crippen LogP contribution in [0.5, 0.6) is 0 Å². The van der Waals surface area contributed by atoms with Crippen molar-refractivity contribution in [3.63, 3.8) is 0 Å². The molecule has 0 saturated heterocycles. The van der Waals surface area contributed by atoms with Gasteiger partial charge in [0.15, 0.2) is 0 Å². The summed E-state index contributed by atoms with van der Waals surface area (Å²) in [5, 5.41) is 8.33. The lowest BCUT2D eigenvalue weighted by Crippen LogP contribution is -2.34. The van der Waals surface area contributed by atoms with E-state index in [4.69, 9.17) is 11.5 Å². The Balaban J connectivity index is 3.98. The van der Waals surface area contributed by atoms with Gasteiger partial charge in [-0.25, -0.2) is 13.1 Å². The zero-order valence-corrected chi connectivity index (χ0v) is 9.38. The van der Waals surface area contributed by atoms with Gasteiger partial charge < -0.3 is 5.11 Å². The number of aliphatic carboxylic acids is 1. The van der Waals surface area contributed by atoms with Gasteiger partial charge in [-0.2, -0.15) is 0 Å². The van der Waals surface area contributed by atoms with E-state index in [1.807, 2.05) is 0 Å². The number of hydrogen-bond acceptors (Lipinski definition) is 3. The number of carboxylic acids is 1. The molecule has 0 spiro atoms. The van der Waals surface area contributed by atoms with Crippen molar-refractivity contribution in [1.29, 1.82) is 0 Å². The normalized spacial score (nSPS) is 13.1. The summed E-state index contributed by atoms with van der Waals surface area (Å²) in [5.41, 5.74) is 0. The summed E-state index contributed by atoms with van der Waals surface area (Å²) >= 11 is 0. The molecule has 1 unspecified atom stereocenters. The number of terminal acetylenes is 1. The van der Waals surface area contributed by atoms with Crippen LogP contribution in [-0.2, 0) is 14.8 Å². The van der Waals surface area contributed by atoms with E-state index in [9.17, 15) is 13.2 Å². The minimum absolute atomic E-state index is 0.105. The number of nitrogens with one attached hydrogen (secondary N) is 1. The second kappa shape index (κ2) is 6.43. The summed E-state index contributed by atoms with van der Waals surface area (Å²) in [6.45, 7) is 1.66. The molecule has 1 atom stereocenters. The van der Waals surface area contributed by atoms with E-state index in [0.717, 1.165) is 0 Å². The Morgan fingerprint density at radius 3 is 2.67 bits per heavy atom. The van der Waals surface area contributed by atoms with Crippen molar-refractivity contribution in [2.75, 3.05) is 5.75 Å². The highest BCUT2D eigenvalue weighted by Gasteiger charge is 2.13. The first kappa shape index (κ1) is 13.9. The first-order valence-corrected chi connectivity index (χ1v) is 6.18. The fourth-order valence-corrected chi connectivity index (χ4v) is 2.34. The van der Waals surface area contributed by atoms with Crippen LogP contribution in [0.25, 0.3) is 0 Å². The summed E-state index contributed by atoms with van der Waals surface area (Å²) in [5.74, 6) is 1.16. The Bertz CT molecular complexity index is 342. The van der Waals surface area contributed by atoms with E-state index >= 15 is 0 Å². The Morgan fingerprint density at radius 1 is 1.60 bits per heavy atom. The second-order valence-corrected chi connectivity index (χ2v) is 5.12. The van der Waals surface area contributed by atoms with Crippen molar-refractivity contribution in [2.45, 2.75) is 32.2 Å². The highest BCUT2D eigenvalue weighted by Crippen LogP contribution is 1.98. The van der Waals surface area contributed by atoms with E-state index in [2.05, 4.69) is 10.6 Å². The average molecular weight is 233 g/mol. The van der Waals surface area contributed by atoms with Gasteiger partial charge in [0.2, 0.25) is 10.0 Å². The van der Waals surface area contributed by atoms with Crippen LogP contribution in [0.2, 0.25) is 0 Å². The molecule has 0 heterocycles. The van der Waals surface area contributed by atoms with Gasteiger partial charge in [0.05, 0.1) is 5.75 Å². The summed E-state index contributed by atoms with van der Waals surface area (Å²) in [4.78, 5) is 10.2. The van der Waals surface area contributed by atoms with Gasteiger partial charge in [-0.15, -0.1) is 12.3 Å². The van der Waals surface area contributed by atoms with Gasteiger partial charge in [0.1, 0.15) is 0 Å². The molecule has 0 aromatic carbocycles. The molecule has 0 aliphatic rings. The number of rotatable bonds is 7. The molecule has 86 valence electrons. The first-order chi connectivity index (χ1) is 6.87. The lowest BCUT2D eigenvalue weighted by atomic mass is 10.3. The number of hydrogen-bond donors (Lipinski definition) is 2. The topological polar surface area (TPSA) is 83.5 Å². The quantitative estimate of drug-likeness (QED) is 0.614. The predicted molar refractivity (Wildman–Crippen MR) is 56.7 cm³/mol. The molecule has 0 aliphatic heterocycles. The zero-order valence-electron chi connectivity index (χ0n) is 8.56. The highest BCUT2D eigenvalue weighted by atomic mass is 32.2. The molecule has 0 bridgehead atoms. The maximum Gasteiger partial charge on any atom is 0.303 e. The molecule has 0 fully saturated rings. The minimum Gasteiger partial charge on any atom is -0.481 e.